The Balaban J connectivity index is 2.13. The van der Waals surface area contributed by atoms with Crippen LogP contribution in [-0.2, 0) is 0 Å². The fourth-order valence-electron chi connectivity index (χ4n) is 2.92. The van der Waals surface area contributed by atoms with Crippen LogP contribution in [0.1, 0.15) is 43.6 Å². The SMILES string of the molecule is NCCC1CCCCC1c1ccc(Cl)cc1. The molecule has 0 heterocycles. The summed E-state index contributed by atoms with van der Waals surface area (Å²) < 4.78 is 0. The first-order valence-corrected chi connectivity index (χ1v) is 6.64. The van der Waals surface area contributed by atoms with Crippen molar-refractivity contribution in [2.75, 3.05) is 6.54 Å². The Bertz CT molecular complexity index is 318. The third-order valence-electron chi connectivity index (χ3n) is 3.74. The molecule has 2 N–H and O–H groups in total. The summed E-state index contributed by atoms with van der Waals surface area (Å²) in [6, 6.07) is 8.37. The summed E-state index contributed by atoms with van der Waals surface area (Å²) >= 11 is 5.93. The molecule has 0 spiro atoms. The second-order valence-electron chi connectivity index (χ2n) is 4.78. The van der Waals surface area contributed by atoms with E-state index in [0.717, 1.165) is 23.9 Å². The molecule has 2 atom stereocenters. The quantitative estimate of drug-likeness (QED) is 0.846. The van der Waals surface area contributed by atoms with E-state index in [-0.39, 0.29) is 0 Å². The van der Waals surface area contributed by atoms with Gasteiger partial charge in [0.1, 0.15) is 0 Å². The predicted molar refractivity (Wildman–Crippen MR) is 69.8 cm³/mol. The van der Waals surface area contributed by atoms with Gasteiger partial charge in [0.25, 0.3) is 0 Å². The second kappa shape index (κ2) is 5.70. The van der Waals surface area contributed by atoms with Gasteiger partial charge in [-0.2, -0.15) is 0 Å². The molecule has 2 unspecified atom stereocenters. The first-order chi connectivity index (χ1) is 7.81. The van der Waals surface area contributed by atoms with Crippen molar-refractivity contribution in [1.82, 2.24) is 0 Å². The van der Waals surface area contributed by atoms with Crippen LogP contribution in [-0.4, -0.2) is 6.54 Å². The number of hydrogen-bond acceptors (Lipinski definition) is 1. The van der Waals surface area contributed by atoms with Gasteiger partial charge in [0, 0.05) is 5.02 Å². The smallest absolute Gasteiger partial charge is 0.0406 e. The van der Waals surface area contributed by atoms with E-state index in [1.54, 1.807) is 0 Å². The highest BCUT2D eigenvalue weighted by molar-refractivity contribution is 6.30. The summed E-state index contributed by atoms with van der Waals surface area (Å²) in [7, 11) is 0. The summed E-state index contributed by atoms with van der Waals surface area (Å²) in [6.45, 7) is 0.814. The molecule has 0 saturated heterocycles. The molecule has 0 bridgehead atoms. The molecule has 1 aliphatic rings. The van der Waals surface area contributed by atoms with Gasteiger partial charge in [-0.25, -0.2) is 0 Å². The zero-order valence-electron chi connectivity index (χ0n) is 9.66. The molecule has 1 aliphatic carbocycles. The van der Waals surface area contributed by atoms with Gasteiger partial charge in [-0.1, -0.05) is 36.6 Å². The predicted octanol–water partition coefficient (Wildman–Crippen LogP) is 3.96. The van der Waals surface area contributed by atoms with Gasteiger partial charge in [-0.05, 0) is 55.3 Å². The van der Waals surface area contributed by atoms with Crippen LogP contribution in [0.2, 0.25) is 5.02 Å². The molecule has 16 heavy (non-hydrogen) atoms. The number of rotatable bonds is 3. The van der Waals surface area contributed by atoms with Crippen molar-refractivity contribution in [3.05, 3.63) is 34.9 Å². The van der Waals surface area contributed by atoms with Gasteiger partial charge in [0.2, 0.25) is 0 Å². The molecular weight excluding hydrogens is 218 g/mol. The van der Waals surface area contributed by atoms with Crippen LogP contribution >= 0.6 is 11.6 Å². The standard InChI is InChI=1S/C14H20ClN/c15-13-7-5-12(6-8-13)14-4-2-1-3-11(14)9-10-16/h5-8,11,14H,1-4,9-10,16H2. The van der Waals surface area contributed by atoms with E-state index in [0.29, 0.717) is 5.92 Å². The zero-order valence-corrected chi connectivity index (χ0v) is 10.4. The molecule has 88 valence electrons. The summed E-state index contributed by atoms with van der Waals surface area (Å²) in [4.78, 5) is 0. The third-order valence-corrected chi connectivity index (χ3v) is 4.00. The first-order valence-electron chi connectivity index (χ1n) is 6.27. The van der Waals surface area contributed by atoms with E-state index in [4.69, 9.17) is 17.3 Å². The maximum atomic E-state index is 5.93. The molecule has 0 aliphatic heterocycles. The average molecular weight is 238 g/mol. The lowest BCUT2D eigenvalue weighted by molar-refractivity contribution is 0.294. The van der Waals surface area contributed by atoms with Gasteiger partial charge in [-0.15, -0.1) is 0 Å². The molecule has 0 radical (unpaired) electrons. The lowest BCUT2D eigenvalue weighted by Crippen LogP contribution is -2.20. The molecule has 1 aromatic carbocycles. The molecule has 1 saturated carbocycles. The molecule has 0 amide bonds. The first kappa shape index (κ1) is 11.9. The molecule has 2 rings (SSSR count). The van der Waals surface area contributed by atoms with Crippen LogP contribution in [0.4, 0.5) is 0 Å². The summed E-state index contributed by atoms with van der Waals surface area (Å²) in [5.74, 6) is 1.48. The lowest BCUT2D eigenvalue weighted by Gasteiger charge is -2.31. The fraction of sp³-hybridized carbons (Fsp3) is 0.571. The van der Waals surface area contributed by atoms with E-state index >= 15 is 0 Å². The van der Waals surface area contributed by atoms with Gasteiger partial charge in [0.15, 0.2) is 0 Å². The van der Waals surface area contributed by atoms with Crippen molar-refractivity contribution in [3.8, 4) is 0 Å². The largest absolute Gasteiger partial charge is 0.330 e. The maximum Gasteiger partial charge on any atom is 0.0406 e. The maximum absolute atomic E-state index is 5.93. The monoisotopic (exact) mass is 237 g/mol. The minimum atomic E-state index is 0.703. The Morgan fingerprint density at radius 1 is 1.12 bits per heavy atom. The Hall–Kier alpha value is -0.530. The van der Waals surface area contributed by atoms with Gasteiger partial charge < -0.3 is 5.73 Å². The second-order valence-corrected chi connectivity index (χ2v) is 5.22. The summed E-state index contributed by atoms with van der Waals surface area (Å²) in [5.41, 5.74) is 7.15. The van der Waals surface area contributed by atoms with Crippen LogP contribution < -0.4 is 5.73 Å². The van der Waals surface area contributed by atoms with E-state index in [1.807, 2.05) is 12.1 Å². The third kappa shape index (κ3) is 2.78. The van der Waals surface area contributed by atoms with Crippen LogP contribution in [0.5, 0.6) is 0 Å². The summed E-state index contributed by atoms with van der Waals surface area (Å²) in [6.07, 6.45) is 6.53. The highest BCUT2D eigenvalue weighted by atomic mass is 35.5. The highest BCUT2D eigenvalue weighted by Crippen LogP contribution is 2.39. The van der Waals surface area contributed by atoms with E-state index in [9.17, 15) is 0 Å². The van der Waals surface area contributed by atoms with Gasteiger partial charge in [-0.3, -0.25) is 0 Å². The number of nitrogens with two attached hydrogens (primary N) is 1. The Morgan fingerprint density at radius 2 is 1.81 bits per heavy atom. The molecule has 0 aromatic heterocycles. The normalized spacial score (nSPS) is 25.6. The number of benzene rings is 1. The van der Waals surface area contributed by atoms with E-state index in [1.165, 1.54) is 31.2 Å². The Morgan fingerprint density at radius 3 is 2.50 bits per heavy atom. The molecule has 2 heteroatoms. The Labute approximate surface area is 103 Å². The van der Waals surface area contributed by atoms with Crippen molar-refractivity contribution >= 4 is 11.6 Å². The highest BCUT2D eigenvalue weighted by Gasteiger charge is 2.25. The van der Waals surface area contributed by atoms with Gasteiger partial charge >= 0.3 is 0 Å². The molecule has 1 fully saturated rings. The van der Waals surface area contributed by atoms with E-state index < -0.39 is 0 Å². The molecule has 1 aromatic rings. The van der Waals surface area contributed by atoms with E-state index in [2.05, 4.69) is 12.1 Å². The van der Waals surface area contributed by atoms with Gasteiger partial charge in [0.05, 0.1) is 0 Å². The van der Waals surface area contributed by atoms with Crippen LogP contribution in [0.25, 0.3) is 0 Å². The number of halogens is 1. The van der Waals surface area contributed by atoms with Crippen molar-refractivity contribution in [3.63, 3.8) is 0 Å². The Kier molecular flexibility index (Phi) is 4.25. The summed E-state index contributed by atoms with van der Waals surface area (Å²) in [5, 5.41) is 0.829. The topological polar surface area (TPSA) is 26.0 Å². The van der Waals surface area contributed by atoms with Crippen molar-refractivity contribution in [1.29, 1.82) is 0 Å². The lowest BCUT2D eigenvalue weighted by atomic mass is 9.74. The van der Waals surface area contributed by atoms with Crippen LogP contribution in [0.3, 0.4) is 0 Å². The zero-order chi connectivity index (χ0) is 11.4. The minimum absolute atomic E-state index is 0.703. The fourth-order valence-corrected chi connectivity index (χ4v) is 3.04. The van der Waals surface area contributed by atoms with Crippen molar-refractivity contribution in [2.45, 2.75) is 38.0 Å². The van der Waals surface area contributed by atoms with Crippen molar-refractivity contribution in [2.24, 2.45) is 11.7 Å². The minimum Gasteiger partial charge on any atom is -0.330 e. The van der Waals surface area contributed by atoms with Crippen LogP contribution in [0, 0.1) is 5.92 Å². The number of hydrogen-bond donors (Lipinski definition) is 1. The average Bonchev–Trinajstić information content (AvgIpc) is 2.32. The van der Waals surface area contributed by atoms with Crippen molar-refractivity contribution < 1.29 is 0 Å². The molecular formula is C14H20ClN. The molecule has 1 nitrogen and oxygen atoms in total. The van der Waals surface area contributed by atoms with Crippen LogP contribution in [0.15, 0.2) is 24.3 Å².